The predicted molar refractivity (Wildman–Crippen MR) is 123 cm³/mol. The van der Waals surface area contributed by atoms with E-state index in [1.165, 1.54) is 14.2 Å². The van der Waals surface area contributed by atoms with Crippen LogP contribution in [0.2, 0.25) is 10.0 Å². The Balaban J connectivity index is 2.18. The number of nitrogens with zero attached hydrogens (tertiary/aromatic N) is 1. The second-order valence-electron chi connectivity index (χ2n) is 6.74. The maximum atomic E-state index is 12.1. The fourth-order valence-corrected chi connectivity index (χ4v) is 3.73. The second-order valence-corrected chi connectivity index (χ2v) is 7.59. The van der Waals surface area contributed by atoms with Crippen molar-refractivity contribution in [1.29, 1.82) is 0 Å². The number of hydrogen-bond acceptors (Lipinski definition) is 6. The monoisotopic (exact) mass is 477 g/mol. The largest absolute Gasteiger partial charge is 0.507 e. The summed E-state index contributed by atoms with van der Waals surface area (Å²) in [5, 5.41) is 12.2. The van der Waals surface area contributed by atoms with Gasteiger partial charge in [-0.2, -0.15) is 0 Å². The van der Waals surface area contributed by atoms with Gasteiger partial charge in [0, 0.05) is 46.6 Å². The number of rotatable bonds is 8. The van der Waals surface area contributed by atoms with E-state index in [4.69, 9.17) is 37.4 Å². The van der Waals surface area contributed by atoms with Gasteiger partial charge in [-0.05, 0) is 24.6 Å². The van der Waals surface area contributed by atoms with E-state index in [0.29, 0.717) is 44.6 Å². The van der Waals surface area contributed by atoms with Gasteiger partial charge in [-0.15, -0.1) is 0 Å². The number of aliphatic hydroxyl groups is 1. The van der Waals surface area contributed by atoms with Crippen molar-refractivity contribution in [3.05, 3.63) is 63.8 Å². The van der Waals surface area contributed by atoms with Crippen LogP contribution in [0.25, 0.3) is 16.7 Å². The molecular formula is C23H21Cl2NO6. The highest BCUT2D eigenvalue weighted by molar-refractivity contribution is 6.39. The molecule has 168 valence electrons. The molecule has 1 N–H and O–H groups in total. The third-order valence-corrected chi connectivity index (χ3v) is 5.34. The van der Waals surface area contributed by atoms with Crippen LogP contribution in [0.4, 0.5) is 0 Å². The van der Waals surface area contributed by atoms with Crippen molar-refractivity contribution in [3.63, 3.8) is 0 Å². The maximum absolute atomic E-state index is 12.1. The summed E-state index contributed by atoms with van der Waals surface area (Å²) in [6.07, 6.45) is 2.47. The lowest BCUT2D eigenvalue weighted by Gasteiger charge is -2.11. The number of ether oxygens (including phenoxy) is 3. The van der Waals surface area contributed by atoms with Crippen LogP contribution in [0.15, 0.2) is 42.6 Å². The molecule has 0 spiro atoms. The minimum Gasteiger partial charge on any atom is -0.507 e. The third-order valence-electron chi connectivity index (χ3n) is 4.75. The van der Waals surface area contributed by atoms with Gasteiger partial charge in [-0.25, -0.2) is 4.79 Å². The van der Waals surface area contributed by atoms with E-state index in [1.807, 2.05) is 4.57 Å². The summed E-state index contributed by atoms with van der Waals surface area (Å²) >= 11 is 12.3. The van der Waals surface area contributed by atoms with E-state index in [-0.39, 0.29) is 6.61 Å². The number of esters is 1. The van der Waals surface area contributed by atoms with Crippen LogP contribution in [-0.2, 0) is 20.9 Å². The number of benzene rings is 2. The SMILES string of the molecule is CCOC(=O)C(=O)/C=C(\O)c1cn(Cc2ccc(Cl)cc2Cl)c2cc(OC)cc(OC)c12. The van der Waals surface area contributed by atoms with E-state index >= 15 is 0 Å². The Morgan fingerprint density at radius 2 is 1.88 bits per heavy atom. The van der Waals surface area contributed by atoms with Gasteiger partial charge >= 0.3 is 5.97 Å². The highest BCUT2D eigenvalue weighted by atomic mass is 35.5. The highest BCUT2D eigenvalue weighted by Gasteiger charge is 2.21. The van der Waals surface area contributed by atoms with Crippen LogP contribution in [0.3, 0.4) is 0 Å². The summed E-state index contributed by atoms with van der Waals surface area (Å²) < 4.78 is 17.4. The van der Waals surface area contributed by atoms with Gasteiger partial charge in [0.05, 0.1) is 31.7 Å². The van der Waals surface area contributed by atoms with E-state index in [2.05, 4.69) is 0 Å². The molecule has 0 radical (unpaired) electrons. The molecule has 0 unspecified atom stereocenters. The predicted octanol–water partition coefficient (Wildman–Crippen LogP) is 5.04. The summed E-state index contributed by atoms with van der Waals surface area (Å²) in [6, 6.07) is 8.60. The molecule has 0 atom stereocenters. The fourth-order valence-electron chi connectivity index (χ4n) is 3.26. The Labute approximate surface area is 194 Å². The second kappa shape index (κ2) is 9.97. The lowest BCUT2D eigenvalue weighted by molar-refractivity contribution is -0.151. The number of carbonyl (C=O) groups excluding carboxylic acids is 2. The quantitative estimate of drug-likeness (QED) is 0.211. The summed E-state index contributed by atoms with van der Waals surface area (Å²) in [5.74, 6) is -1.48. The Morgan fingerprint density at radius 1 is 1.12 bits per heavy atom. The summed E-state index contributed by atoms with van der Waals surface area (Å²) in [5.41, 5.74) is 1.74. The first-order chi connectivity index (χ1) is 15.3. The van der Waals surface area contributed by atoms with Gasteiger partial charge < -0.3 is 23.9 Å². The molecule has 0 saturated heterocycles. The molecule has 0 aliphatic carbocycles. The van der Waals surface area contributed by atoms with Crippen molar-refractivity contribution in [2.75, 3.05) is 20.8 Å². The van der Waals surface area contributed by atoms with Gasteiger partial charge in [0.25, 0.3) is 5.78 Å². The first-order valence-electron chi connectivity index (χ1n) is 9.59. The number of ketones is 1. The van der Waals surface area contributed by atoms with Gasteiger partial charge in [0.15, 0.2) is 0 Å². The van der Waals surface area contributed by atoms with Crippen LogP contribution in [-0.4, -0.2) is 42.3 Å². The Hall–Kier alpha value is -3.16. The highest BCUT2D eigenvalue weighted by Crippen LogP contribution is 2.38. The zero-order valence-electron chi connectivity index (χ0n) is 17.6. The molecule has 3 aromatic rings. The van der Waals surface area contributed by atoms with Crippen molar-refractivity contribution in [3.8, 4) is 11.5 Å². The van der Waals surface area contributed by atoms with E-state index in [0.717, 1.165) is 11.6 Å². The maximum Gasteiger partial charge on any atom is 0.379 e. The normalized spacial score (nSPS) is 11.5. The minimum atomic E-state index is -1.05. The topological polar surface area (TPSA) is 87.0 Å². The van der Waals surface area contributed by atoms with Gasteiger partial charge in [0.2, 0.25) is 0 Å². The van der Waals surface area contributed by atoms with Crippen molar-refractivity contribution >= 4 is 51.6 Å². The number of fused-ring (bicyclic) bond motifs is 1. The van der Waals surface area contributed by atoms with E-state index in [9.17, 15) is 14.7 Å². The number of aliphatic hydroxyl groups excluding tert-OH is 1. The van der Waals surface area contributed by atoms with E-state index < -0.39 is 17.5 Å². The van der Waals surface area contributed by atoms with Crippen LogP contribution in [0.5, 0.6) is 11.5 Å². The minimum absolute atomic E-state index is 0.0496. The van der Waals surface area contributed by atoms with Gasteiger partial charge in [-0.3, -0.25) is 4.79 Å². The first kappa shape index (κ1) is 23.5. The molecule has 1 aromatic heterocycles. The zero-order chi connectivity index (χ0) is 23.4. The Kier molecular flexibility index (Phi) is 7.33. The fraction of sp³-hybridized carbons (Fsp3) is 0.217. The van der Waals surface area contributed by atoms with Gasteiger partial charge in [0.1, 0.15) is 17.3 Å². The summed E-state index contributed by atoms with van der Waals surface area (Å²) in [6.45, 7) is 1.97. The number of halogens is 2. The molecule has 0 saturated carbocycles. The molecular weight excluding hydrogens is 457 g/mol. The van der Waals surface area contributed by atoms with Crippen LogP contribution in [0, 0.1) is 0 Å². The Morgan fingerprint density at radius 3 is 2.50 bits per heavy atom. The average molecular weight is 478 g/mol. The molecule has 2 aromatic carbocycles. The zero-order valence-corrected chi connectivity index (χ0v) is 19.2. The Bertz CT molecular complexity index is 1210. The number of hydrogen-bond donors (Lipinski definition) is 1. The smallest absolute Gasteiger partial charge is 0.379 e. The van der Waals surface area contributed by atoms with Crippen molar-refractivity contribution in [2.24, 2.45) is 0 Å². The molecule has 0 amide bonds. The third kappa shape index (κ3) is 4.84. The van der Waals surface area contributed by atoms with Crippen molar-refractivity contribution < 1.29 is 28.9 Å². The van der Waals surface area contributed by atoms with Crippen LogP contribution < -0.4 is 9.47 Å². The lowest BCUT2D eigenvalue weighted by atomic mass is 10.1. The molecule has 0 bridgehead atoms. The molecule has 3 rings (SSSR count). The van der Waals surface area contributed by atoms with Crippen LogP contribution in [0.1, 0.15) is 18.1 Å². The van der Waals surface area contributed by atoms with Crippen molar-refractivity contribution in [2.45, 2.75) is 13.5 Å². The average Bonchev–Trinajstić information content (AvgIpc) is 3.13. The van der Waals surface area contributed by atoms with E-state index in [1.54, 1.807) is 43.5 Å². The number of aromatic nitrogens is 1. The summed E-state index contributed by atoms with van der Waals surface area (Å²) in [7, 11) is 3.01. The number of methoxy groups -OCH3 is 2. The molecule has 1 heterocycles. The molecule has 9 heteroatoms. The lowest BCUT2D eigenvalue weighted by Crippen LogP contribution is -2.15. The molecule has 7 nitrogen and oxygen atoms in total. The standard InChI is InChI=1S/C23H21Cl2NO6/c1-4-32-23(29)20(28)10-19(27)16-12-26(11-13-5-6-14(24)7-17(13)25)18-8-15(30-2)9-21(31-3)22(16)18/h5-10,12,27H,4,11H2,1-3H3/b19-10-. The molecule has 32 heavy (non-hydrogen) atoms. The molecule has 0 aliphatic rings. The van der Waals surface area contributed by atoms with Gasteiger partial charge in [-0.1, -0.05) is 29.3 Å². The van der Waals surface area contributed by atoms with Crippen LogP contribution >= 0.6 is 23.2 Å². The molecule has 0 aliphatic heterocycles. The number of carbonyl (C=O) groups is 2. The van der Waals surface area contributed by atoms with Crippen molar-refractivity contribution in [1.82, 2.24) is 4.57 Å². The molecule has 0 fully saturated rings. The summed E-state index contributed by atoms with van der Waals surface area (Å²) in [4.78, 5) is 23.8. The first-order valence-corrected chi connectivity index (χ1v) is 10.4.